The molecule has 0 unspecified atom stereocenters. The Balaban J connectivity index is 2.96. The summed E-state index contributed by atoms with van der Waals surface area (Å²) < 4.78 is 13.1. The maximum absolute atomic E-state index is 13.1. The topological polar surface area (TPSA) is 36.7 Å². The van der Waals surface area contributed by atoms with Gasteiger partial charge in [-0.15, -0.1) is 0 Å². The van der Waals surface area contributed by atoms with Gasteiger partial charge in [-0.05, 0) is 25.1 Å². The Bertz CT molecular complexity index is 541. The number of halogens is 1. The van der Waals surface area contributed by atoms with Gasteiger partial charge in [-0.25, -0.2) is 4.39 Å². The molecule has 1 heterocycles. The quantitative estimate of drug-likeness (QED) is 0.634. The molecule has 3 heteroatoms. The minimum Gasteiger partial charge on any atom is -0.261 e. The Morgan fingerprint density at radius 3 is 2.86 bits per heavy atom. The van der Waals surface area contributed by atoms with E-state index in [2.05, 4.69) is 4.98 Å². The molecule has 0 aliphatic rings. The van der Waals surface area contributed by atoms with E-state index in [9.17, 15) is 4.39 Å². The number of fused-ring (bicyclic) bond motifs is 1. The molecule has 14 heavy (non-hydrogen) atoms. The second-order valence-electron chi connectivity index (χ2n) is 3.06. The van der Waals surface area contributed by atoms with Gasteiger partial charge in [-0.3, -0.25) is 4.98 Å². The van der Waals surface area contributed by atoms with E-state index in [1.807, 2.05) is 6.07 Å². The molecule has 2 nitrogen and oxygen atoms in total. The van der Waals surface area contributed by atoms with E-state index in [1.54, 1.807) is 19.2 Å². The zero-order valence-electron chi connectivity index (χ0n) is 7.58. The minimum absolute atomic E-state index is 0.352. The van der Waals surface area contributed by atoms with Crippen molar-refractivity contribution in [2.24, 2.45) is 0 Å². The van der Waals surface area contributed by atoms with Gasteiger partial charge in [0.2, 0.25) is 0 Å². The van der Waals surface area contributed by atoms with Crippen LogP contribution < -0.4 is 0 Å². The average Bonchev–Trinajstić information content (AvgIpc) is 2.18. The first-order valence-corrected chi connectivity index (χ1v) is 4.17. The van der Waals surface area contributed by atoms with Crippen molar-refractivity contribution in [3.05, 3.63) is 41.5 Å². The van der Waals surface area contributed by atoms with Gasteiger partial charge in [0.15, 0.2) is 0 Å². The van der Waals surface area contributed by atoms with Crippen LogP contribution in [0.2, 0.25) is 0 Å². The molecule has 0 saturated heterocycles. The summed E-state index contributed by atoms with van der Waals surface area (Å²) in [5.74, 6) is -0.398. The smallest absolute Gasteiger partial charge is 0.125 e. The predicted octanol–water partition coefficient (Wildman–Crippen LogP) is 2.55. The van der Waals surface area contributed by atoms with Crippen molar-refractivity contribution in [2.45, 2.75) is 6.92 Å². The summed E-state index contributed by atoms with van der Waals surface area (Å²) in [7, 11) is 0. The first kappa shape index (κ1) is 8.64. The lowest BCUT2D eigenvalue weighted by atomic mass is 10.1. The van der Waals surface area contributed by atoms with Gasteiger partial charge in [-0.1, -0.05) is 0 Å². The number of nitriles is 1. The molecule has 0 spiro atoms. The van der Waals surface area contributed by atoms with Crippen LogP contribution in [0.4, 0.5) is 4.39 Å². The first-order valence-electron chi connectivity index (χ1n) is 4.17. The zero-order chi connectivity index (χ0) is 10.1. The summed E-state index contributed by atoms with van der Waals surface area (Å²) in [6.45, 7) is 1.79. The molecule has 2 aromatic rings. The fourth-order valence-electron chi connectivity index (χ4n) is 1.48. The van der Waals surface area contributed by atoms with Crippen LogP contribution in [-0.4, -0.2) is 4.98 Å². The third-order valence-corrected chi connectivity index (χ3v) is 2.16. The van der Waals surface area contributed by atoms with Crippen molar-refractivity contribution in [1.82, 2.24) is 4.98 Å². The molecule has 0 N–H and O–H groups in total. The fraction of sp³-hybridized carbons (Fsp3) is 0.0909. The maximum atomic E-state index is 13.1. The molecular weight excluding hydrogens is 179 g/mol. The summed E-state index contributed by atoms with van der Waals surface area (Å²) in [6, 6.07) is 6.33. The molecule has 0 bridgehead atoms. The first-order chi connectivity index (χ1) is 6.72. The van der Waals surface area contributed by atoms with Crippen LogP contribution in [0, 0.1) is 24.1 Å². The molecule has 2 rings (SSSR count). The van der Waals surface area contributed by atoms with E-state index in [0.29, 0.717) is 10.9 Å². The summed E-state index contributed by atoms with van der Waals surface area (Å²) in [5, 5.41) is 10.3. The largest absolute Gasteiger partial charge is 0.261 e. The van der Waals surface area contributed by atoms with Crippen molar-refractivity contribution in [3.8, 4) is 6.07 Å². The highest BCUT2D eigenvalue weighted by Crippen LogP contribution is 2.21. The van der Waals surface area contributed by atoms with Crippen molar-refractivity contribution in [3.63, 3.8) is 0 Å². The number of hydrogen-bond donors (Lipinski definition) is 0. The van der Waals surface area contributed by atoms with Crippen molar-refractivity contribution in [1.29, 1.82) is 5.26 Å². The van der Waals surface area contributed by atoms with Gasteiger partial charge in [0.25, 0.3) is 0 Å². The number of rotatable bonds is 0. The van der Waals surface area contributed by atoms with Gasteiger partial charge >= 0.3 is 0 Å². The molecule has 0 atom stereocenters. The van der Waals surface area contributed by atoms with E-state index >= 15 is 0 Å². The lowest BCUT2D eigenvalue weighted by molar-refractivity contribution is 0.629. The Morgan fingerprint density at radius 1 is 1.36 bits per heavy atom. The highest BCUT2D eigenvalue weighted by Gasteiger charge is 2.05. The highest BCUT2D eigenvalue weighted by atomic mass is 19.1. The van der Waals surface area contributed by atoms with Gasteiger partial charge < -0.3 is 0 Å². The third-order valence-electron chi connectivity index (χ3n) is 2.16. The molecule has 0 amide bonds. The van der Waals surface area contributed by atoms with Crippen LogP contribution in [0.1, 0.15) is 11.3 Å². The van der Waals surface area contributed by atoms with E-state index in [4.69, 9.17) is 5.26 Å². The van der Waals surface area contributed by atoms with E-state index in [1.165, 1.54) is 12.1 Å². The van der Waals surface area contributed by atoms with Crippen LogP contribution in [0.25, 0.3) is 10.8 Å². The number of nitrogens with zero attached hydrogens (tertiary/aromatic N) is 2. The van der Waals surface area contributed by atoms with Crippen LogP contribution in [0.3, 0.4) is 0 Å². The Labute approximate surface area is 80.6 Å². The van der Waals surface area contributed by atoms with E-state index in [-0.39, 0.29) is 0 Å². The van der Waals surface area contributed by atoms with Crippen molar-refractivity contribution in [2.75, 3.05) is 0 Å². The lowest BCUT2D eigenvalue weighted by Crippen LogP contribution is -1.88. The number of hydrogen-bond acceptors (Lipinski definition) is 2. The van der Waals surface area contributed by atoms with E-state index < -0.39 is 5.82 Å². The van der Waals surface area contributed by atoms with Crippen molar-refractivity contribution >= 4 is 10.8 Å². The highest BCUT2D eigenvalue weighted by molar-refractivity contribution is 5.89. The van der Waals surface area contributed by atoms with Crippen LogP contribution >= 0.6 is 0 Å². The molecule has 0 radical (unpaired) electrons. The Hall–Kier alpha value is -1.95. The normalized spacial score (nSPS) is 10.1. The van der Waals surface area contributed by atoms with Crippen LogP contribution in [0.15, 0.2) is 24.4 Å². The number of pyridine rings is 1. The molecule has 0 aliphatic carbocycles. The summed E-state index contributed by atoms with van der Waals surface area (Å²) in [4.78, 5) is 4.05. The van der Waals surface area contributed by atoms with E-state index in [0.717, 1.165) is 11.1 Å². The predicted molar refractivity (Wildman–Crippen MR) is 51.2 cm³/mol. The second-order valence-corrected chi connectivity index (χ2v) is 3.06. The Morgan fingerprint density at radius 2 is 2.14 bits per heavy atom. The van der Waals surface area contributed by atoms with Gasteiger partial charge in [0.05, 0.1) is 11.6 Å². The minimum atomic E-state index is -0.398. The summed E-state index contributed by atoms with van der Waals surface area (Å²) >= 11 is 0. The van der Waals surface area contributed by atoms with Gasteiger partial charge in [0, 0.05) is 22.7 Å². The van der Waals surface area contributed by atoms with Crippen molar-refractivity contribution < 1.29 is 4.39 Å². The van der Waals surface area contributed by atoms with Gasteiger partial charge in [-0.2, -0.15) is 5.26 Å². The average molecular weight is 186 g/mol. The summed E-state index contributed by atoms with van der Waals surface area (Å²) in [5.41, 5.74) is 1.09. The standard InChI is InChI=1S/C11H7FN2/c1-7-11-5-9(12)4-8(6-13)10(11)2-3-14-7/h2-5H,1H3. The number of benzene rings is 1. The zero-order valence-corrected chi connectivity index (χ0v) is 7.58. The SMILES string of the molecule is Cc1nccc2c(C#N)cc(F)cc12. The van der Waals surface area contributed by atoms with Crippen LogP contribution in [-0.2, 0) is 0 Å². The monoisotopic (exact) mass is 186 g/mol. The second kappa shape index (κ2) is 3.08. The molecule has 0 saturated carbocycles. The number of aromatic nitrogens is 1. The third kappa shape index (κ3) is 1.21. The molecular formula is C11H7FN2. The Kier molecular flexibility index (Phi) is 1.90. The molecule has 1 aromatic carbocycles. The van der Waals surface area contributed by atoms with Gasteiger partial charge in [0.1, 0.15) is 5.82 Å². The number of aryl methyl sites for hydroxylation is 1. The molecule has 1 aromatic heterocycles. The molecule has 0 fully saturated rings. The maximum Gasteiger partial charge on any atom is 0.125 e. The molecule has 0 aliphatic heterocycles. The fourth-order valence-corrected chi connectivity index (χ4v) is 1.48. The van der Waals surface area contributed by atoms with Crippen LogP contribution in [0.5, 0.6) is 0 Å². The summed E-state index contributed by atoms with van der Waals surface area (Å²) in [6.07, 6.45) is 1.62. The molecule has 68 valence electrons. The lowest BCUT2D eigenvalue weighted by Gasteiger charge is -2.02.